The average molecular weight is 352 g/mol. The fourth-order valence-corrected chi connectivity index (χ4v) is 3.12. The molecule has 2 heterocycles. The summed E-state index contributed by atoms with van der Waals surface area (Å²) in [4.78, 5) is 30.3. The molecule has 0 atom stereocenters. The van der Waals surface area contributed by atoms with Gasteiger partial charge >= 0.3 is 11.8 Å². The number of nitrogens with zero attached hydrogens (tertiary/aromatic N) is 2. The first-order chi connectivity index (χ1) is 12.7. The van der Waals surface area contributed by atoms with Crippen LogP contribution in [0.1, 0.15) is 18.4 Å². The number of hydrogen-bond acceptors (Lipinski definition) is 4. The topological polar surface area (TPSA) is 74.3 Å². The Balaban J connectivity index is 1.36. The van der Waals surface area contributed by atoms with Crippen molar-refractivity contribution in [2.24, 2.45) is 5.92 Å². The molecule has 2 amide bonds. The molecular weight excluding hydrogens is 328 g/mol. The first-order valence-electron chi connectivity index (χ1n) is 8.96. The molecule has 0 unspecified atom stereocenters. The molecule has 3 rings (SSSR count). The van der Waals surface area contributed by atoms with E-state index in [0.717, 1.165) is 32.5 Å². The molecule has 26 heavy (non-hydrogen) atoms. The van der Waals surface area contributed by atoms with E-state index in [2.05, 4.69) is 20.5 Å². The van der Waals surface area contributed by atoms with Crippen LogP contribution in [0.5, 0.6) is 0 Å². The van der Waals surface area contributed by atoms with Crippen LogP contribution in [-0.2, 0) is 16.1 Å². The van der Waals surface area contributed by atoms with Crippen LogP contribution >= 0.6 is 0 Å². The van der Waals surface area contributed by atoms with Crippen molar-refractivity contribution in [1.29, 1.82) is 0 Å². The molecule has 0 aliphatic carbocycles. The second-order valence-electron chi connectivity index (χ2n) is 6.61. The molecule has 0 spiro atoms. The SMILES string of the molecule is O=C(NCC1CCN(Cc2ccncc2)CC1)C(=O)Nc1ccccc1. The lowest BCUT2D eigenvalue weighted by Gasteiger charge is -2.32. The minimum absolute atomic E-state index is 0.414. The Morgan fingerprint density at radius 2 is 1.69 bits per heavy atom. The number of amides is 2. The predicted molar refractivity (Wildman–Crippen MR) is 100 cm³/mol. The molecule has 1 aliphatic heterocycles. The number of rotatable bonds is 5. The summed E-state index contributed by atoms with van der Waals surface area (Å²) in [5, 5.41) is 5.36. The van der Waals surface area contributed by atoms with Gasteiger partial charge in [-0.3, -0.25) is 19.5 Å². The average Bonchev–Trinajstić information content (AvgIpc) is 2.69. The van der Waals surface area contributed by atoms with Crippen LogP contribution in [0.15, 0.2) is 54.9 Å². The lowest BCUT2D eigenvalue weighted by atomic mass is 9.96. The van der Waals surface area contributed by atoms with Crippen molar-refractivity contribution in [1.82, 2.24) is 15.2 Å². The van der Waals surface area contributed by atoms with Crippen molar-refractivity contribution in [2.45, 2.75) is 19.4 Å². The van der Waals surface area contributed by atoms with Gasteiger partial charge in [0.15, 0.2) is 0 Å². The highest BCUT2D eigenvalue weighted by atomic mass is 16.2. The summed E-state index contributed by atoms with van der Waals surface area (Å²) in [5.74, 6) is -0.781. The number of piperidine rings is 1. The first-order valence-corrected chi connectivity index (χ1v) is 8.96. The van der Waals surface area contributed by atoms with Gasteiger partial charge in [-0.25, -0.2) is 0 Å². The van der Waals surface area contributed by atoms with Crippen LogP contribution in [-0.4, -0.2) is 41.3 Å². The minimum Gasteiger partial charge on any atom is -0.348 e. The Morgan fingerprint density at radius 1 is 1.00 bits per heavy atom. The Kier molecular flexibility index (Phi) is 6.33. The van der Waals surface area contributed by atoms with Gasteiger partial charge in [-0.2, -0.15) is 0 Å². The third-order valence-corrected chi connectivity index (χ3v) is 4.65. The van der Waals surface area contributed by atoms with E-state index in [1.54, 1.807) is 12.1 Å². The summed E-state index contributed by atoms with van der Waals surface area (Å²) in [5.41, 5.74) is 1.89. The summed E-state index contributed by atoms with van der Waals surface area (Å²) in [6.07, 6.45) is 5.67. The molecule has 136 valence electrons. The van der Waals surface area contributed by atoms with E-state index in [-0.39, 0.29) is 0 Å². The van der Waals surface area contributed by atoms with Gasteiger partial charge in [0.1, 0.15) is 0 Å². The van der Waals surface area contributed by atoms with E-state index >= 15 is 0 Å². The van der Waals surface area contributed by atoms with Gasteiger partial charge in [-0.05, 0) is 61.7 Å². The van der Waals surface area contributed by atoms with E-state index in [0.29, 0.717) is 18.2 Å². The van der Waals surface area contributed by atoms with Gasteiger partial charge in [0, 0.05) is 31.2 Å². The Hall–Kier alpha value is -2.73. The summed E-state index contributed by atoms with van der Waals surface area (Å²) in [6.45, 7) is 3.48. The smallest absolute Gasteiger partial charge is 0.313 e. The number of nitrogens with one attached hydrogen (secondary N) is 2. The molecule has 1 aromatic heterocycles. The van der Waals surface area contributed by atoms with E-state index in [4.69, 9.17) is 0 Å². The number of carbonyl (C=O) groups is 2. The maximum Gasteiger partial charge on any atom is 0.313 e. The van der Waals surface area contributed by atoms with Crippen LogP contribution in [0.25, 0.3) is 0 Å². The molecule has 1 fully saturated rings. The van der Waals surface area contributed by atoms with Crippen molar-refractivity contribution in [2.75, 3.05) is 25.0 Å². The number of para-hydroxylation sites is 1. The molecule has 0 bridgehead atoms. The quantitative estimate of drug-likeness (QED) is 0.808. The van der Waals surface area contributed by atoms with Crippen LogP contribution in [0.4, 0.5) is 5.69 Å². The van der Waals surface area contributed by atoms with E-state index in [1.807, 2.05) is 42.7 Å². The maximum atomic E-state index is 12.0. The highest BCUT2D eigenvalue weighted by Crippen LogP contribution is 2.18. The van der Waals surface area contributed by atoms with Gasteiger partial charge in [0.2, 0.25) is 0 Å². The van der Waals surface area contributed by atoms with Crippen LogP contribution in [0, 0.1) is 5.92 Å². The highest BCUT2D eigenvalue weighted by Gasteiger charge is 2.21. The minimum atomic E-state index is -0.619. The molecule has 1 aromatic carbocycles. The zero-order valence-electron chi connectivity index (χ0n) is 14.7. The predicted octanol–water partition coefficient (Wildman–Crippen LogP) is 2.05. The lowest BCUT2D eigenvalue weighted by molar-refractivity contribution is -0.136. The third kappa shape index (κ3) is 5.39. The lowest BCUT2D eigenvalue weighted by Crippen LogP contribution is -2.41. The summed E-state index contributed by atoms with van der Waals surface area (Å²) >= 11 is 0. The second-order valence-corrected chi connectivity index (χ2v) is 6.61. The zero-order chi connectivity index (χ0) is 18.2. The van der Waals surface area contributed by atoms with E-state index < -0.39 is 11.8 Å². The van der Waals surface area contributed by atoms with E-state index in [1.165, 1.54) is 5.56 Å². The normalized spacial score (nSPS) is 15.4. The highest BCUT2D eigenvalue weighted by molar-refractivity contribution is 6.39. The molecule has 1 saturated heterocycles. The molecule has 0 saturated carbocycles. The number of pyridine rings is 1. The number of likely N-dealkylation sites (tertiary alicyclic amines) is 1. The van der Waals surface area contributed by atoms with Crippen molar-refractivity contribution in [3.8, 4) is 0 Å². The first kappa shape index (κ1) is 18.1. The number of hydrogen-bond donors (Lipinski definition) is 2. The molecule has 0 radical (unpaired) electrons. The third-order valence-electron chi connectivity index (χ3n) is 4.65. The maximum absolute atomic E-state index is 12.0. The van der Waals surface area contributed by atoms with Gasteiger partial charge in [0.05, 0.1) is 0 Å². The van der Waals surface area contributed by atoms with Gasteiger partial charge in [0.25, 0.3) is 0 Å². The summed E-state index contributed by atoms with van der Waals surface area (Å²) < 4.78 is 0. The molecule has 2 aromatic rings. The van der Waals surface area contributed by atoms with Crippen molar-refractivity contribution in [3.63, 3.8) is 0 Å². The van der Waals surface area contributed by atoms with E-state index in [9.17, 15) is 9.59 Å². The molecule has 6 nitrogen and oxygen atoms in total. The van der Waals surface area contributed by atoms with Gasteiger partial charge in [-0.15, -0.1) is 0 Å². The van der Waals surface area contributed by atoms with Crippen molar-refractivity contribution >= 4 is 17.5 Å². The Morgan fingerprint density at radius 3 is 2.38 bits per heavy atom. The second kappa shape index (κ2) is 9.10. The monoisotopic (exact) mass is 352 g/mol. The number of carbonyl (C=O) groups excluding carboxylic acids is 2. The number of benzene rings is 1. The molecule has 1 aliphatic rings. The van der Waals surface area contributed by atoms with Gasteiger partial charge in [-0.1, -0.05) is 18.2 Å². The zero-order valence-corrected chi connectivity index (χ0v) is 14.7. The summed E-state index contributed by atoms with van der Waals surface area (Å²) in [7, 11) is 0. The van der Waals surface area contributed by atoms with Crippen LogP contribution < -0.4 is 10.6 Å². The molecule has 2 N–H and O–H groups in total. The van der Waals surface area contributed by atoms with Gasteiger partial charge < -0.3 is 10.6 Å². The Labute approximate surface area is 153 Å². The fraction of sp³-hybridized carbons (Fsp3) is 0.350. The molecular formula is C20H24N4O2. The standard InChI is InChI=1S/C20H24N4O2/c25-19(20(26)23-18-4-2-1-3-5-18)22-14-16-8-12-24(13-9-16)15-17-6-10-21-11-7-17/h1-7,10-11,16H,8-9,12-15H2,(H,22,25)(H,23,26). The largest absolute Gasteiger partial charge is 0.348 e. The Bertz CT molecular complexity index is 713. The fourth-order valence-electron chi connectivity index (χ4n) is 3.12. The summed E-state index contributed by atoms with van der Waals surface area (Å²) in [6, 6.07) is 13.1. The number of aromatic nitrogens is 1. The number of anilines is 1. The molecule has 6 heteroatoms. The van der Waals surface area contributed by atoms with Crippen LogP contribution in [0.3, 0.4) is 0 Å². The van der Waals surface area contributed by atoms with Crippen LogP contribution in [0.2, 0.25) is 0 Å². The van der Waals surface area contributed by atoms with Crippen molar-refractivity contribution < 1.29 is 9.59 Å². The van der Waals surface area contributed by atoms with Crippen molar-refractivity contribution in [3.05, 3.63) is 60.4 Å².